The first-order valence-corrected chi connectivity index (χ1v) is 9.40. The van der Waals surface area contributed by atoms with Crippen molar-refractivity contribution in [1.29, 1.82) is 0 Å². The summed E-state index contributed by atoms with van der Waals surface area (Å²) in [6.45, 7) is -0.388. The van der Waals surface area contributed by atoms with Crippen LogP contribution in [-0.2, 0) is 17.8 Å². The highest BCUT2D eigenvalue weighted by Crippen LogP contribution is 2.41. The van der Waals surface area contributed by atoms with E-state index in [1.807, 2.05) is 0 Å². The number of imidazole rings is 1. The zero-order valence-electron chi connectivity index (χ0n) is 16.1. The van der Waals surface area contributed by atoms with Crippen molar-refractivity contribution in [3.05, 3.63) is 70.5 Å². The third kappa shape index (κ3) is 3.57. The molecule has 0 aliphatic carbocycles. The molecule has 0 radical (unpaired) electrons. The number of ketones is 1. The third-order valence-corrected chi connectivity index (χ3v) is 4.82. The number of aromatic amines is 1. The average molecular weight is 442 g/mol. The van der Waals surface area contributed by atoms with Gasteiger partial charge in [-0.3, -0.25) is 9.59 Å². The lowest BCUT2D eigenvalue weighted by Crippen LogP contribution is -2.28. The van der Waals surface area contributed by atoms with Crippen LogP contribution in [0.15, 0.2) is 53.6 Å². The molecule has 4 aromatic rings. The van der Waals surface area contributed by atoms with E-state index in [2.05, 4.69) is 24.5 Å². The molecule has 1 N–H and O–H groups in total. The lowest BCUT2D eigenvalue weighted by atomic mass is 10.1. The molecule has 162 valence electrons. The van der Waals surface area contributed by atoms with E-state index in [1.165, 1.54) is 42.7 Å². The maximum Gasteiger partial charge on any atom is 0.586 e. The predicted octanol–water partition coefficient (Wildman–Crippen LogP) is 3.06. The SMILES string of the molecule is O=C(Cc1ccc2c(c1)OC(F)(F)O2)Cn1nc(-c2cccc(F)c2)c2nc[nH]c2c1=O. The number of carbonyl (C=O) groups is 1. The molecular weight excluding hydrogens is 429 g/mol. The average Bonchev–Trinajstić information content (AvgIpc) is 3.33. The summed E-state index contributed by atoms with van der Waals surface area (Å²) in [6, 6.07) is 9.63. The van der Waals surface area contributed by atoms with Gasteiger partial charge >= 0.3 is 6.29 Å². The summed E-state index contributed by atoms with van der Waals surface area (Å²) in [7, 11) is 0. The first-order valence-electron chi connectivity index (χ1n) is 9.40. The fraction of sp³-hybridized carbons (Fsp3) is 0.143. The van der Waals surface area contributed by atoms with Gasteiger partial charge in [0, 0.05) is 12.0 Å². The number of benzene rings is 2. The van der Waals surface area contributed by atoms with Gasteiger partial charge < -0.3 is 14.5 Å². The molecule has 0 saturated heterocycles. The number of rotatable bonds is 5. The normalized spacial score (nSPS) is 14.1. The number of Topliss-reactive ketones (excluding diaryl/α,β-unsaturated/α-hetero) is 1. The van der Waals surface area contributed by atoms with Crippen LogP contribution in [-0.4, -0.2) is 31.8 Å². The number of alkyl halides is 2. The number of hydrogen-bond acceptors (Lipinski definition) is 6. The standard InChI is InChI=1S/C21H13F3N4O4/c22-13-3-1-2-12(8-13)17-18-19(26-10-25-18)20(30)28(27-17)9-14(29)6-11-4-5-15-16(7-11)32-21(23,24)31-15/h1-5,7-8,10H,6,9H2,(H,25,26). The van der Waals surface area contributed by atoms with E-state index in [4.69, 9.17) is 0 Å². The molecule has 2 aromatic carbocycles. The van der Waals surface area contributed by atoms with E-state index in [0.717, 1.165) is 4.68 Å². The summed E-state index contributed by atoms with van der Waals surface area (Å²) in [5.41, 5.74) is 0.823. The molecule has 0 spiro atoms. The number of fused-ring (bicyclic) bond motifs is 2. The number of ether oxygens (including phenoxy) is 2. The summed E-state index contributed by atoms with van der Waals surface area (Å²) in [5, 5.41) is 4.23. The van der Waals surface area contributed by atoms with E-state index in [0.29, 0.717) is 11.1 Å². The Kier molecular flexibility index (Phi) is 4.47. The Morgan fingerprint density at radius 2 is 1.94 bits per heavy atom. The van der Waals surface area contributed by atoms with E-state index in [9.17, 15) is 22.8 Å². The molecule has 0 amide bonds. The molecule has 8 nitrogen and oxygen atoms in total. The summed E-state index contributed by atoms with van der Waals surface area (Å²) < 4.78 is 49.7. The minimum absolute atomic E-state index is 0.123. The Bertz CT molecular complexity index is 1430. The smallest absolute Gasteiger partial charge is 0.395 e. The van der Waals surface area contributed by atoms with Gasteiger partial charge in [0.05, 0.1) is 6.33 Å². The van der Waals surface area contributed by atoms with Gasteiger partial charge in [0.1, 0.15) is 29.1 Å². The van der Waals surface area contributed by atoms with Gasteiger partial charge in [-0.2, -0.15) is 5.10 Å². The minimum atomic E-state index is -3.75. The Morgan fingerprint density at radius 1 is 1.12 bits per heavy atom. The van der Waals surface area contributed by atoms with Crippen molar-refractivity contribution in [2.45, 2.75) is 19.3 Å². The lowest BCUT2D eigenvalue weighted by molar-refractivity contribution is -0.286. The molecule has 5 rings (SSSR count). The predicted molar refractivity (Wildman–Crippen MR) is 105 cm³/mol. The van der Waals surface area contributed by atoms with E-state index < -0.39 is 23.5 Å². The second-order valence-corrected chi connectivity index (χ2v) is 7.11. The highest BCUT2D eigenvalue weighted by atomic mass is 19.3. The first kappa shape index (κ1) is 19.8. The number of halogens is 3. The molecule has 0 unspecified atom stereocenters. The highest BCUT2D eigenvalue weighted by molar-refractivity contribution is 5.88. The molecule has 0 saturated carbocycles. The second kappa shape index (κ2) is 7.22. The van der Waals surface area contributed by atoms with Crippen LogP contribution in [0.25, 0.3) is 22.3 Å². The number of nitrogens with zero attached hydrogens (tertiary/aromatic N) is 3. The van der Waals surface area contributed by atoms with Crippen molar-refractivity contribution in [2.24, 2.45) is 0 Å². The van der Waals surface area contributed by atoms with Crippen LogP contribution in [0.5, 0.6) is 11.5 Å². The fourth-order valence-electron chi connectivity index (χ4n) is 3.47. The van der Waals surface area contributed by atoms with Crippen LogP contribution >= 0.6 is 0 Å². The van der Waals surface area contributed by atoms with E-state index in [-0.39, 0.29) is 41.2 Å². The van der Waals surface area contributed by atoms with Crippen LogP contribution in [0.2, 0.25) is 0 Å². The van der Waals surface area contributed by atoms with Crippen LogP contribution in [0, 0.1) is 5.82 Å². The lowest BCUT2D eigenvalue weighted by Gasteiger charge is -2.09. The second-order valence-electron chi connectivity index (χ2n) is 7.11. The van der Waals surface area contributed by atoms with Crippen molar-refractivity contribution in [3.8, 4) is 22.8 Å². The van der Waals surface area contributed by atoms with Gasteiger partial charge in [-0.1, -0.05) is 18.2 Å². The molecule has 3 heterocycles. The van der Waals surface area contributed by atoms with Gasteiger partial charge in [-0.05, 0) is 29.8 Å². The number of hydrogen-bond donors (Lipinski definition) is 1. The summed E-state index contributed by atoms with van der Waals surface area (Å²) >= 11 is 0. The van der Waals surface area contributed by atoms with E-state index >= 15 is 0 Å². The van der Waals surface area contributed by atoms with Gasteiger partial charge in [-0.25, -0.2) is 14.1 Å². The Morgan fingerprint density at radius 3 is 2.75 bits per heavy atom. The van der Waals surface area contributed by atoms with Gasteiger partial charge in [0.15, 0.2) is 17.3 Å². The van der Waals surface area contributed by atoms with Crippen LogP contribution in [0.1, 0.15) is 5.56 Å². The Hall–Kier alpha value is -4.15. The van der Waals surface area contributed by atoms with Crippen molar-refractivity contribution < 1.29 is 27.4 Å². The monoisotopic (exact) mass is 442 g/mol. The largest absolute Gasteiger partial charge is 0.586 e. The summed E-state index contributed by atoms with van der Waals surface area (Å²) in [5.74, 6) is -1.21. The van der Waals surface area contributed by atoms with Gasteiger partial charge in [0.2, 0.25) is 0 Å². The minimum Gasteiger partial charge on any atom is -0.395 e. The number of carbonyl (C=O) groups excluding carboxylic acids is 1. The van der Waals surface area contributed by atoms with E-state index in [1.54, 1.807) is 6.07 Å². The fourth-order valence-corrected chi connectivity index (χ4v) is 3.47. The zero-order valence-corrected chi connectivity index (χ0v) is 16.1. The quantitative estimate of drug-likeness (QED) is 0.510. The van der Waals surface area contributed by atoms with Crippen molar-refractivity contribution in [1.82, 2.24) is 19.7 Å². The third-order valence-electron chi connectivity index (χ3n) is 4.82. The summed E-state index contributed by atoms with van der Waals surface area (Å²) in [6.07, 6.45) is -2.60. The molecule has 0 bridgehead atoms. The molecule has 1 aliphatic rings. The maximum absolute atomic E-state index is 13.7. The summed E-state index contributed by atoms with van der Waals surface area (Å²) in [4.78, 5) is 32.2. The Labute approximate surface area is 177 Å². The molecule has 2 aromatic heterocycles. The zero-order chi connectivity index (χ0) is 22.5. The van der Waals surface area contributed by atoms with Crippen molar-refractivity contribution >= 4 is 16.8 Å². The maximum atomic E-state index is 13.7. The van der Waals surface area contributed by atoms with Crippen LogP contribution < -0.4 is 15.0 Å². The van der Waals surface area contributed by atoms with Crippen molar-refractivity contribution in [3.63, 3.8) is 0 Å². The molecule has 1 aliphatic heterocycles. The van der Waals surface area contributed by atoms with Crippen LogP contribution in [0.3, 0.4) is 0 Å². The van der Waals surface area contributed by atoms with Crippen LogP contribution in [0.4, 0.5) is 13.2 Å². The molecule has 11 heteroatoms. The van der Waals surface area contributed by atoms with Gasteiger partial charge in [0.25, 0.3) is 5.56 Å². The van der Waals surface area contributed by atoms with Crippen molar-refractivity contribution in [2.75, 3.05) is 0 Å². The number of aromatic nitrogens is 4. The molecule has 0 fully saturated rings. The highest BCUT2D eigenvalue weighted by Gasteiger charge is 2.43. The number of nitrogens with one attached hydrogen (secondary N) is 1. The molecule has 32 heavy (non-hydrogen) atoms. The topological polar surface area (TPSA) is 99.1 Å². The number of H-pyrrole nitrogens is 1. The van der Waals surface area contributed by atoms with Gasteiger partial charge in [-0.15, -0.1) is 8.78 Å². The Balaban J connectivity index is 1.44. The molecule has 0 atom stereocenters. The first-order chi connectivity index (χ1) is 15.3. The molecular formula is C21H13F3N4O4.